The smallest absolute Gasteiger partial charge is 0.491 e. The number of methoxy groups -OCH3 is 1. The van der Waals surface area contributed by atoms with Gasteiger partial charge in [0.25, 0.3) is 0 Å². The summed E-state index contributed by atoms with van der Waals surface area (Å²) in [5.74, 6) is -4.57. The molecule has 1 aromatic carbocycles. The van der Waals surface area contributed by atoms with Gasteiger partial charge in [-0.15, -0.1) is 13.2 Å². The molecule has 0 bridgehead atoms. The molecule has 0 spiro atoms. The standard InChI is InChI=1S/C13H12F5NO4/c1-22-11-8(3-2-7(14)10(11)15)19-5-6(23-13(16,17)18)4-9(19)12(20)21/h2-3,6,9H,4-5H2,1H3,(H,20,21)/t6-,9?/m1/s1. The van der Waals surface area contributed by atoms with Gasteiger partial charge in [0.05, 0.1) is 18.9 Å². The highest BCUT2D eigenvalue weighted by molar-refractivity contribution is 5.80. The van der Waals surface area contributed by atoms with Crippen molar-refractivity contribution in [2.24, 2.45) is 0 Å². The molecular formula is C13H12F5NO4. The fourth-order valence-electron chi connectivity index (χ4n) is 2.51. The number of carboxylic acids is 1. The quantitative estimate of drug-likeness (QED) is 0.853. The van der Waals surface area contributed by atoms with Crippen LogP contribution in [0.4, 0.5) is 27.6 Å². The number of ether oxygens (including phenoxy) is 2. The molecule has 1 saturated heterocycles. The molecule has 1 heterocycles. The van der Waals surface area contributed by atoms with Crippen LogP contribution in [0.3, 0.4) is 0 Å². The van der Waals surface area contributed by atoms with Crippen LogP contribution in [0.15, 0.2) is 12.1 Å². The van der Waals surface area contributed by atoms with Crippen LogP contribution in [-0.4, -0.2) is 43.2 Å². The van der Waals surface area contributed by atoms with Crippen molar-refractivity contribution in [1.82, 2.24) is 0 Å². The Hall–Kier alpha value is -2.10. The maximum absolute atomic E-state index is 13.7. The van der Waals surface area contributed by atoms with Crippen molar-refractivity contribution in [1.29, 1.82) is 0 Å². The minimum absolute atomic E-state index is 0.160. The third kappa shape index (κ3) is 3.63. The molecule has 23 heavy (non-hydrogen) atoms. The van der Waals surface area contributed by atoms with E-state index in [0.29, 0.717) is 0 Å². The third-order valence-corrected chi connectivity index (χ3v) is 3.39. The van der Waals surface area contributed by atoms with E-state index in [1.807, 2.05) is 0 Å². The second kappa shape index (κ2) is 6.19. The first-order valence-corrected chi connectivity index (χ1v) is 6.40. The van der Waals surface area contributed by atoms with Gasteiger partial charge in [0.2, 0.25) is 5.82 Å². The Morgan fingerprint density at radius 3 is 2.52 bits per heavy atom. The molecule has 1 N–H and O–H groups in total. The van der Waals surface area contributed by atoms with E-state index in [-0.39, 0.29) is 5.69 Å². The lowest BCUT2D eigenvalue weighted by Crippen LogP contribution is -2.36. The van der Waals surface area contributed by atoms with Gasteiger partial charge in [0, 0.05) is 13.0 Å². The number of carboxylic acid groups (broad SMARTS) is 1. The van der Waals surface area contributed by atoms with E-state index < -0.39 is 54.8 Å². The predicted molar refractivity (Wildman–Crippen MR) is 67.2 cm³/mol. The third-order valence-electron chi connectivity index (χ3n) is 3.39. The number of anilines is 1. The topological polar surface area (TPSA) is 59.0 Å². The van der Waals surface area contributed by atoms with Crippen molar-refractivity contribution in [2.45, 2.75) is 24.9 Å². The largest absolute Gasteiger partial charge is 0.522 e. The summed E-state index contributed by atoms with van der Waals surface area (Å²) in [5.41, 5.74) is -0.160. The summed E-state index contributed by atoms with van der Waals surface area (Å²) in [6.07, 6.45) is -6.84. The van der Waals surface area contributed by atoms with Crippen LogP contribution in [0.2, 0.25) is 0 Å². The number of hydrogen-bond acceptors (Lipinski definition) is 4. The molecule has 1 fully saturated rings. The van der Waals surface area contributed by atoms with Crippen molar-refractivity contribution < 1.29 is 41.3 Å². The Balaban J connectivity index is 2.37. The van der Waals surface area contributed by atoms with Crippen molar-refractivity contribution in [3.05, 3.63) is 23.8 Å². The number of benzene rings is 1. The number of halogens is 5. The van der Waals surface area contributed by atoms with Gasteiger partial charge in [-0.05, 0) is 12.1 Å². The Morgan fingerprint density at radius 1 is 1.35 bits per heavy atom. The Morgan fingerprint density at radius 2 is 2.00 bits per heavy atom. The number of hydrogen-bond donors (Lipinski definition) is 1. The molecule has 1 aliphatic heterocycles. The lowest BCUT2D eigenvalue weighted by atomic mass is 10.2. The van der Waals surface area contributed by atoms with Gasteiger partial charge in [-0.3, -0.25) is 4.74 Å². The SMILES string of the molecule is COc1c(N2C[C@H](OC(F)(F)F)CC2C(=O)O)ccc(F)c1F. The summed E-state index contributed by atoms with van der Waals surface area (Å²) < 4.78 is 72.4. The molecular weight excluding hydrogens is 329 g/mol. The minimum atomic E-state index is -4.93. The fourth-order valence-corrected chi connectivity index (χ4v) is 2.51. The summed E-state index contributed by atoms with van der Waals surface area (Å²) in [5, 5.41) is 9.16. The number of aliphatic carboxylic acids is 1. The number of rotatable bonds is 4. The van der Waals surface area contributed by atoms with Gasteiger partial charge < -0.3 is 14.7 Å². The van der Waals surface area contributed by atoms with Gasteiger partial charge in [-0.1, -0.05) is 0 Å². The number of alkyl halides is 3. The average molecular weight is 341 g/mol. The molecule has 5 nitrogen and oxygen atoms in total. The Labute approximate surface area is 127 Å². The highest BCUT2D eigenvalue weighted by Crippen LogP contribution is 2.38. The van der Waals surface area contributed by atoms with E-state index in [9.17, 15) is 26.7 Å². The summed E-state index contributed by atoms with van der Waals surface area (Å²) in [7, 11) is 1.04. The van der Waals surface area contributed by atoms with Crippen LogP contribution in [0.25, 0.3) is 0 Å². The Bertz CT molecular complexity index is 607. The zero-order valence-electron chi connectivity index (χ0n) is 11.7. The molecule has 10 heteroatoms. The normalized spacial score (nSPS) is 21.6. The summed E-state index contributed by atoms with van der Waals surface area (Å²) in [6.45, 7) is -0.460. The second-order valence-electron chi connectivity index (χ2n) is 4.84. The highest BCUT2D eigenvalue weighted by Gasteiger charge is 2.44. The molecule has 0 amide bonds. The molecule has 0 aliphatic carbocycles. The van der Waals surface area contributed by atoms with Gasteiger partial charge in [0.15, 0.2) is 11.6 Å². The average Bonchev–Trinajstić information content (AvgIpc) is 2.83. The van der Waals surface area contributed by atoms with E-state index in [1.54, 1.807) is 0 Å². The molecule has 0 aromatic heterocycles. The maximum atomic E-state index is 13.7. The lowest BCUT2D eigenvalue weighted by molar-refractivity contribution is -0.339. The highest BCUT2D eigenvalue weighted by atomic mass is 19.4. The molecule has 0 radical (unpaired) electrons. The van der Waals surface area contributed by atoms with Gasteiger partial charge in [-0.2, -0.15) is 4.39 Å². The van der Waals surface area contributed by atoms with Gasteiger partial charge in [0.1, 0.15) is 6.04 Å². The zero-order valence-corrected chi connectivity index (χ0v) is 11.7. The van der Waals surface area contributed by atoms with E-state index in [2.05, 4.69) is 4.74 Å². The second-order valence-corrected chi connectivity index (χ2v) is 4.84. The summed E-state index contributed by atoms with van der Waals surface area (Å²) >= 11 is 0. The lowest BCUT2D eigenvalue weighted by Gasteiger charge is -2.25. The molecule has 2 atom stereocenters. The van der Waals surface area contributed by atoms with Crippen LogP contribution in [-0.2, 0) is 9.53 Å². The molecule has 1 unspecified atom stereocenters. The van der Waals surface area contributed by atoms with E-state index >= 15 is 0 Å². The van der Waals surface area contributed by atoms with Crippen LogP contribution in [0, 0.1) is 11.6 Å². The summed E-state index contributed by atoms with van der Waals surface area (Å²) in [4.78, 5) is 12.2. The predicted octanol–water partition coefficient (Wildman–Crippen LogP) is 2.54. The minimum Gasteiger partial charge on any atom is -0.491 e. The summed E-state index contributed by atoms with van der Waals surface area (Å²) in [6, 6.07) is 0.397. The molecule has 2 rings (SSSR count). The van der Waals surface area contributed by atoms with Crippen LogP contribution in [0.5, 0.6) is 5.75 Å². The van der Waals surface area contributed by atoms with Crippen molar-refractivity contribution in [3.63, 3.8) is 0 Å². The van der Waals surface area contributed by atoms with Gasteiger partial charge >= 0.3 is 12.3 Å². The van der Waals surface area contributed by atoms with Crippen molar-refractivity contribution in [3.8, 4) is 5.75 Å². The first-order valence-electron chi connectivity index (χ1n) is 6.40. The zero-order chi connectivity index (χ0) is 17.4. The molecule has 128 valence electrons. The number of carbonyl (C=O) groups is 1. The van der Waals surface area contributed by atoms with E-state index in [1.165, 1.54) is 0 Å². The molecule has 1 aromatic rings. The van der Waals surface area contributed by atoms with Crippen molar-refractivity contribution in [2.75, 3.05) is 18.6 Å². The maximum Gasteiger partial charge on any atom is 0.522 e. The Kier molecular flexibility index (Phi) is 4.64. The van der Waals surface area contributed by atoms with E-state index in [0.717, 1.165) is 24.1 Å². The number of nitrogens with zero attached hydrogens (tertiary/aromatic N) is 1. The molecule has 0 saturated carbocycles. The van der Waals surface area contributed by atoms with Gasteiger partial charge in [-0.25, -0.2) is 9.18 Å². The molecule has 1 aliphatic rings. The monoisotopic (exact) mass is 341 g/mol. The van der Waals surface area contributed by atoms with Crippen LogP contribution in [0.1, 0.15) is 6.42 Å². The first-order chi connectivity index (χ1) is 10.6. The fraction of sp³-hybridized carbons (Fsp3) is 0.462. The van der Waals surface area contributed by atoms with Crippen LogP contribution >= 0.6 is 0 Å². The van der Waals surface area contributed by atoms with E-state index in [4.69, 9.17) is 9.84 Å². The first kappa shape index (κ1) is 17.3. The van der Waals surface area contributed by atoms with Crippen molar-refractivity contribution >= 4 is 11.7 Å². The van der Waals surface area contributed by atoms with Crippen LogP contribution < -0.4 is 9.64 Å².